The van der Waals surface area contributed by atoms with Crippen LogP contribution in [0.3, 0.4) is 0 Å². The van der Waals surface area contributed by atoms with Gasteiger partial charge in [-0.3, -0.25) is 0 Å². The molecule has 1 aromatic rings. The molecule has 4 heteroatoms. The average molecular weight is 173 g/mol. The molecule has 1 nitrogen and oxygen atoms in total. The van der Waals surface area contributed by atoms with Crippen LogP contribution >= 0.6 is 12.8 Å². The molecular weight excluding hydrogens is 168 g/mol. The normalized spacial score (nSPS) is 10.8. The Kier molecular flexibility index (Phi) is 2.59. The molecule has 0 amide bonds. The van der Waals surface area contributed by atoms with E-state index in [1.54, 1.807) is 0 Å². The fourth-order valence-corrected chi connectivity index (χ4v) is 0.800. The van der Waals surface area contributed by atoms with Crippen molar-refractivity contribution in [3.63, 3.8) is 0 Å². The first-order valence-corrected chi connectivity index (χ1v) is 3.26. The lowest BCUT2D eigenvalue weighted by molar-refractivity contribution is 0.598. The Bertz CT molecular complexity index is 286. The van der Waals surface area contributed by atoms with Gasteiger partial charge in [-0.05, 0) is 31.0 Å². The van der Waals surface area contributed by atoms with E-state index in [1.807, 2.05) is 0 Å². The number of hydrogen-bond donors (Lipinski definition) is 1. The van der Waals surface area contributed by atoms with Crippen LogP contribution in [0.15, 0.2) is 22.6 Å². The maximum absolute atomic E-state index is 12.7. The summed E-state index contributed by atoms with van der Waals surface area (Å²) in [6.07, 6.45) is 1.14. The molecule has 0 saturated carbocycles. The minimum atomic E-state index is -0.510. The fourth-order valence-electron chi connectivity index (χ4n) is 0.676. The highest BCUT2D eigenvalue weighted by Gasteiger charge is 1.99. The Morgan fingerprint density at radius 2 is 2.09 bits per heavy atom. The summed E-state index contributed by atoms with van der Waals surface area (Å²) < 4.78 is 28.4. The van der Waals surface area contributed by atoms with Crippen LogP contribution in [-0.2, 0) is 0 Å². The van der Waals surface area contributed by atoms with E-state index in [-0.39, 0.29) is 5.56 Å². The van der Waals surface area contributed by atoms with Crippen molar-refractivity contribution in [3.8, 4) is 0 Å². The standard InChI is InChI=1S/C7H5F2NS/c8-6-1-2-7(9)5(3-6)4-10-11/h1-4,11H. The van der Waals surface area contributed by atoms with Gasteiger partial charge in [0.1, 0.15) is 11.6 Å². The van der Waals surface area contributed by atoms with E-state index >= 15 is 0 Å². The minimum Gasteiger partial charge on any atom is -0.227 e. The van der Waals surface area contributed by atoms with Crippen molar-refractivity contribution in [1.29, 1.82) is 0 Å². The number of hydrogen-bond acceptors (Lipinski definition) is 2. The van der Waals surface area contributed by atoms with Crippen molar-refractivity contribution in [2.45, 2.75) is 0 Å². The lowest BCUT2D eigenvalue weighted by atomic mass is 10.2. The Balaban J connectivity index is 3.12. The Labute approximate surface area is 68.3 Å². The summed E-state index contributed by atoms with van der Waals surface area (Å²) in [6.45, 7) is 0. The summed E-state index contributed by atoms with van der Waals surface area (Å²) in [5.74, 6) is -1.00. The molecule has 0 spiro atoms. The predicted molar refractivity (Wildman–Crippen MR) is 42.9 cm³/mol. The monoisotopic (exact) mass is 173 g/mol. The van der Waals surface area contributed by atoms with E-state index in [1.165, 1.54) is 0 Å². The van der Waals surface area contributed by atoms with Gasteiger partial charge in [-0.1, -0.05) is 0 Å². The first-order valence-electron chi connectivity index (χ1n) is 2.86. The maximum Gasteiger partial charge on any atom is 0.132 e. The van der Waals surface area contributed by atoms with Crippen LogP contribution in [0.4, 0.5) is 8.78 Å². The molecule has 0 saturated heterocycles. The van der Waals surface area contributed by atoms with Gasteiger partial charge in [0.25, 0.3) is 0 Å². The van der Waals surface area contributed by atoms with Gasteiger partial charge in [0.05, 0.1) is 0 Å². The van der Waals surface area contributed by atoms with Gasteiger partial charge in [-0.2, -0.15) is 0 Å². The van der Waals surface area contributed by atoms with Crippen LogP contribution < -0.4 is 0 Å². The van der Waals surface area contributed by atoms with Gasteiger partial charge in [0.2, 0.25) is 0 Å². The van der Waals surface area contributed by atoms with Gasteiger partial charge in [-0.25, -0.2) is 13.2 Å². The second-order valence-corrected chi connectivity index (χ2v) is 2.14. The van der Waals surface area contributed by atoms with Gasteiger partial charge in [-0.15, -0.1) is 0 Å². The average Bonchev–Trinajstić information content (AvgIpc) is 1.98. The number of thiol groups is 1. The van der Waals surface area contributed by atoms with Crippen molar-refractivity contribution < 1.29 is 8.78 Å². The molecule has 0 heterocycles. The van der Waals surface area contributed by atoms with Crippen LogP contribution in [-0.4, -0.2) is 6.21 Å². The summed E-state index contributed by atoms with van der Waals surface area (Å²) in [5.41, 5.74) is 0.0972. The molecule has 0 N–H and O–H groups in total. The number of halogens is 2. The zero-order valence-electron chi connectivity index (χ0n) is 5.46. The zero-order valence-corrected chi connectivity index (χ0v) is 6.35. The highest BCUT2D eigenvalue weighted by atomic mass is 32.1. The molecule has 0 radical (unpaired) electrons. The van der Waals surface area contributed by atoms with E-state index in [4.69, 9.17) is 0 Å². The van der Waals surface area contributed by atoms with Crippen LogP contribution in [0.1, 0.15) is 5.56 Å². The number of rotatable bonds is 1. The van der Waals surface area contributed by atoms with Crippen molar-refractivity contribution in [2.75, 3.05) is 0 Å². The quantitative estimate of drug-likeness (QED) is 0.494. The van der Waals surface area contributed by atoms with Gasteiger partial charge in [0, 0.05) is 11.8 Å². The molecule has 11 heavy (non-hydrogen) atoms. The number of nitrogens with zero attached hydrogens (tertiary/aromatic N) is 1. The smallest absolute Gasteiger partial charge is 0.132 e. The third-order valence-corrected chi connectivity index (χ3v) is 1.27. The van der Waals surface area contributed by atoms with Crippen LogP contribution in [0.5, 0.6) is 0 Å². The van der Waals surface area contributed by atoms with Gasteiger partial charge < -0.3 is 0 Å². The third-order valence-electron chi connectivity index (χ3n) is 1.15. The predicted octanol–water partition coefficient (Wildman–Crippen LogP) is 2.23. The first-order chi connectivity index (χ1) is 5.24. The van der Waals surface area contributed by atoms with Gasteiger partial charge in [0.15, 0.2) is 0 Å². The third kappa shape index (κ3) is 2.01. The van der Waals surface area contributed by atoms with Crippen LogP contribution in [0, 0.1) is 11.6 Å². The fraction of sp³-hybridized carbons (Fsp3) is 0. The van der Waals surface area contributed by atoms with E-state index in [0.29, 0.717) is 0 Å². The molecule has 0 aliphatic rings. The Morgan fingerprint density at radius 1 is 1.36 bits per heavy atom. The molecule has 1 aromatic carbocycles. The summed E-state index contributed by atoms with van der Waals surface area (Å²) >= 11 is 3.49. The molecule has 58 valence electrons. The summed E-state index contributed by atoms with van der Waals surface area (Å²) in [5, 5.41) is 0. The molecule has 1 rings (SSSR count). The topological polar surface area (TPSA) is 12.4 Å². The van der Waals surface area contributed by atoms with Crippen molar-refractivity contribution in [3.05, 3.63) is 35.4 Å². The van der Waals surface area contributed by atoms with E-state index < -0.39 is 11.6 Å². The van der Waals surface area contributed by atoms with Crippen LogP contribution in [0.25, 0.3) is 0 Å². The molecule has 0 atom stereocenters. The lowest BCUT2D eigenvalue weighted by Gasteiger charge is -1.93. The van der Waals surface area contributed by atoms with Crippen molar-refractivity contribution in [2.24, 2.45) is 4.40 Å². The van der Waals surface area contributed by atoms with E-state index in [0.717, 1.165) is 24.4 Å². The lowest BCUT2D eigenvalue weighted by Crippen LogP contribution is -1.88. The molecular formula is C7H5F2NS. The summed E-state index contributed by atoms with van der Waals surface area (Å²) in [4.78, 5) is 0. The Morgan fingerprint density at radius 3 is 2.73 bits per heavy atom. The second-order valence-electron chi connectivity index (χ2n) is 1.91. The molecule has 0 aliphatic carbocycles. The summed E-state index contributed by atoms with van der Waals surface area (Å²) in [6, 6.07) is 3.14. The minimum absolute atomic E-state index is 0.0972. The largest absolute Gasteiger partial charge is 0.227 e. The van der Waals surface area contributed by atoms with Crippen LogP contribution in [0.2, 0.25) is 0 Å². The summed E-state index contributed by atoms with van der Waals surface area (Å²) in [7, 11) is 0. The molecule has 0 fully saturated rings. The van der Waals surface area contributed by atoms with E-state index in [2.05, 4.69) is 17.2 Å². The zero-order chi connectivity index (χ0) is 8.27. The maximum atomic E-state index is 12.7. The molecule has 0 bridgehead atoms. The highest BCUT2D eigenvalue weighted by molar-refractivity contribution is 7.78. The molecule has 0 aliphatic heterocycles. The highest BCUT2D eigenvalue weighted by Crippen LogP contribution is 2.07. The molecule has 0 unspecified atom stereocenters. The molecule has 0 aromatic heterocycles. The SMILES string of the molecule is Fc1ccc(F)c(C=NS)c1. The second kappa shape index (κ2) is 3.48. The van der Waals surface area contributed by atoms with Crippen molar-refractivity contribution in [1.82, 2.24) is 0 Å². The Hall–Kier alpha value is -0.900. The number of benzene rings is 1. The van der Waals surface area contributed by atoms with E-state index in [9.17, 15) is 8.78 Å². The van der Waals surface area contributed by atoms with Crippen molar-refractivity contribution >= 4 is 19.0 Å². The first kappa shape index (κ1) is 8.20. The van der Waals surface area contributed by atoms with Gasteiger partial charge >= 0.3 is 0 Å².